The molecule has 1 aliphatic carbocycles. The zero-order valence-electron chi connectivity index (χ0n) is 24.2. The van der Waals surface area contributed by atoms with Crippen LogP contribution < -0.4 is 15.4 Å². The second kappa shape index (κ2) is 11.4. The number of hydrogen-bond donors (Lipinski definition) is 1. The number of anilines is 2. The van der Waals surface area contributed by atoms with E-state index in [1.807, 2.05) is 4.90 Å². The van der Waals surface area contributed by atoms with Gasteiger partial charge in [-0.1, -0.05) is 6.58 Å². The van der Waals surface area contributed by atoms with Gasteiger partial charge in [0.1, 0.15) is 11.6 Å². The third-order valence-corrected chi connectivity index (χ3v) is 8.50. The number of nitrogens with two attached hydrogens (primary N) is 1. The summed E-state index contributed by atoms with van der Waals surface area (Å²) in [5, 5.41) is 0.656. The van der Waals surface area contributed by atoms with Crippen molar-refractivity contribution in [1.82, 2.24) is 24.8 Å². The molecule has 1 saturated carbocycles. The molecule has 224 valence electrons. The number of likely N-dealkylation sites (tertiary alicyclic amines) is 1. The lowest BCUT2D eigenvalue weighted by molar-refractivity contribution is -0.137. The number of ether oxygens (including phenoxy) is 1. The van der Waals surface area contributed by atoms with Crippen LogP contribution in [0.15, 0.2) is 36.9 Å². The molecule has 2 N–H and O–H groups in total. The van der Waals surface area contributed by atoms with Gasteiger partial charge in [0.2, 0.25) is 5.91 Å². The molecule has 0 radical (unpaired) electrons. The zero-order valence-corrected chi connectivity index (χ0v) is 24.2. The Morgan fingerprint density at radius 2 is 1.79 bits per heavy atom. The van der Waals surface area contributed by atoms with Crippen LogP contribution in [0.2, 0.25) is 0 Å². The molecule has 1 aromatic carbocycles. The first-order valence-electron chi connectivity index (χ1n) is 14.0. The van der Waals surface area contributed by atoms with E-state index in [9.17, 15) is 18.0 Å². The number of nitrogen functional groups attached to an aromatic ring is 1. The number of hydrogen-bond acceptors (Lipinski definition) is 8. The minimum atomic E-state index is -4.60. The van der Waals surface area contributed by atoms with Crippen LogP contribution in [0.3, 0.4) is 0 Å². The van der Waals surface area contributed by atoms with Gasteiger partial charge < -0.3 is 25.2 Å². The van der Waals surface area contributed by atoms with Crippen LogP contribution in [-0.4, -0.2) is 83.1 Å². The number of alkyl halides is 3. The summed E-state index contributed by atoms with van der Waals surface area (Å²) in [5.74, 6) is 0.426. The monoisotopic (exact) mass is 583 g/mol. The van der Waals surface area contributed by atoms with Gasteiger partial charge in [0.25, 0.3) is 0 Å². The van der Waals surface area contributed by atoms with Crippen LogP contribution in [0.25, 0.3) is 22.2 Å². The number of halogens is 3. The van der Waals surface area contributed by atoms with Gasteiger partial charge >= 0.3 is 12.2 Å². The molecule has 0 bridgehead atoms. The number of fused-ring (bicyclic) bond motifs is 1. The van der Waals surface area contributed by atoms with Crippen LogP contribution in [0, 0.1) is 6.92 Å². The predicted molar refractivity (Wildman–Crippen MR) is 156 cm³/mol. The average Bonchev–Trinajstić information content (AvgIpc) is 3.68. The van der Waals surface area contributed by atoms with Crippen LogP contribution in [-0.2, 0) is 11.0 Å². The molecule has 12 heteroatoms. The molecule has 9 nitrogen and oxygen atoms in total. The largest absolute Gasteiger partial charge is 0.467 e. The first-order valence-corrected chi connectivity index (χ1v) is 14.0. The number of nitrogens with zero attached hydrogens (tertiary/aromatic N) is 6. The van der Waals surface area contributed by atoms with Crippen LogP contribution in [0.1, 0.15) is 36.8 Å². The summed E-state index contributed by atoms with van der Waals surface area (Å²) in [6, 6.07) is 5.43. The molecule has 2 aliphatic heterocycles. The number of carbonyl (C=O) groups is 1. The predicted octanol–water partition coefficient (Wildman–Crippen LogP) is 4.69. The molecule has 0 unspecified atom stereocenters. The standard InChI is InChI=1S/C23H23F3N6O2.C7H13N/c1-4-19(33)31-7-9-32(10-8-31)21-15-11-13(2)14(12-17(15)28-22(30-21)34-3)20-16(23(24,25)26)5-6-18(27)29-20;1-8-6-2-3-7(8)4-5-7/h4-6,11-12H,1,7-10H2,2-3H3,(H2,27,29);2-6H2,1H3. The van der Waals surface area contributed by atoms with Gasteiger partial charge in [-0.2, -0.15) is 23.1 Å². The summed E-state index contributed by atoms with van der Waals surface area (Å²) in [6.45, 7) is 8.58. The van der Waals surface area contributed by atoms with Crippen molar-refractivity contribution < 1.29 is 22.7 Å². The Bertz CT molecular complexity index is 1500. The second-order valence-electron chi connectivity index (χ2n) is 11.1. The van der Waals surface area contributed by atoms with E-state index in [4.69, 9.17) is 10.5 Å². The summed E-state index contributed by atoms with van der Waals surface area (Å²) < 4.78 is 46.3. The van der Waals surface area contributed by atoms with Crippen LogP contribution in [0.5, 0.6) is 6.01 Å². The molecule has 42 heavy (non-hydrogen) atoms. The molecule has 4 heterocycles. The van der Waals surface area contributed by atoms with Gasteiger partial charge in [-0.3, -0.25) is 4.79 Å². The molecule has 3 fully saturated rings. The summed E-state index contributed by atoms with van der Waals surface area (Å²) in [4.78, 5) is 31.0. The Labute approximate surface area is 243 Å². The number of amides is 1. The molecule has 3 aliphatic rings. The number of rotatable bonds is 4. The highest BCUT2D eigenvalue weighted by molar-refractivity contribution is 5.94. The van der Waals surface area contributed by atoms with E-state index in [2.05, 4.69) is 33.5 Å². The van der Waals surface area contributed by atoms with E-state index in [1.54, 1.807) is 24.0 Å². The van der Waals surface area contributed by atoms with E-state index in [1.165, 1.54) is 45.4 Å². The Balaban J connectivity index is 0.000000375. The van der Waals surface area contributed by atoms with Crippen molar-refractivity contribution in [2.75, 3.05) is 57.5 Å². The maximum atomic E-state index is 13.7. The van der Waals surface area contributed by atoms with Gasteiger partial charge in [-0.05, 0) is 82.1 Å². The maximum absolute atomic E-state index is 13.7. The van der Waals surface area contributed by atoms with Crippen molar-refractivity contribution in [3.8, 4) is 17.3 Å². The summed E-state index contributed by atoms with van der Waals surface area (Å²) in [7, 11) is 3.68. The van der Waals surface area contributed by atoms with Gasteiger partial charge in [-0.25, -0.2) is 4.98 Å². The lowest BCUT2D eigenvalue weighted by Crippen LogP contribution is -2.48. The van der Waals surface area contributed by atoms with E-state index < -0.39 is 11.7 Å². The fraction of sp³-hybridized carbons (Fsp3) is 0.467. The number of piperazine rings is 1. The smallest absolute Gasteiger partial charge is 0.418 e. The van der Waals surface area contributed by atoms with Crippen molar-refractivity contribution in [3.05, 3.63) is 48.0 Å². The molecule has 0 atom stereocenters. The number of pyridine rings is 1. The second-order valence-corrected chi connectivity index (χ2v) is 11.1. The Morgan fingerprint density at radius 3 is 2.33 bits per heavy atom. The highest BCUT2D eigenvalue weighted by Crippen LogP contribution is 2.48. The zero-order chi connectivity index (χ0) is 30.2. The van der Waals surface area contributed by atoms with Gasteiger partial charge in [0.05, 0.1) is 23.9 Å². The molecule has 1 spiro atoms. The average molecular weight is 584 g/mol. The van der Waals surface area contributed by atoms with Gasteiger partial charge in [0.15, 0.2) is 0 Å². The van der Waals surface area contributed by atoms with Crippen molar-refractivity contribution in [2.24, 2.45) is 0 Å². The van der Waals surface area contributed by atoms with Crippen molar-refractivity contribution in [3.63, 3.8) is 0 Å². The molecular weight excluding hydrogens is 547 g/mol. The molecule has 1 amide bonds. The van der Waals surface area contributed by atoms with E-state index in [-0.39, 0.29) is 29.0 Å². The fourth-order valence-electron chi connectivity index (χ4n) is 5.86. The molecule has 6 rings (SSSR count). The van der Waals surface area contributed by atoms with Crippen LogP contribution >= 0.6 is 0 Å². The van der Waals surface area contributed by atoms with E-state index >= 15 is 0 Å². The number of benzene rings is 1. The Kier molecular flexibility index (Phi) is 8.02. The fourth-order valence-corrected chi connectivity index (χ4v) is 5.86. The summed E-state index contributed by atoms with van der Waals surface area (Å²) in [6.07, 6.45) is 2.55. The van der Waals surface area contributed by atoms with E-state index in [0.717, 1.165) is 17.7 Å². The Hall–Kier alpha value is -3.93. The third-order valence-electron chi connectivity index (χ3n) is 8.50. The van der Waals surface area contributed by atoms with Crippen molar-refractivity contribution >= 4 is 28.4 Å². The topological polar surface area (TPSA) is 101 Å². The Morgan fingerprint density at radius 1 is 1.07 bits per heavy atom. The molecular formula is C30H36F3N7O2. The molecule has 2 saturated heterocycles. The number of methoxy groups -OCH3 is 1. The third kappa shape index (κ3) is 5.85. The van der Waals surface area contributed by atoms with Gasteiger partial charge in [-0.15, -0.1) is 0 Å². The summed E-state index contributed by atoms with van der Waals surface area (Å²) >= 11 is 0. The van der Waals surface area contributed by atoms with E-state index in [0.29, 0.717) is 48.5 Å². The van der Waals surface area contributed by atoms with Gasteiger partial charge in [0, 0.05) is 42.7 Å². The van der Waals surface area contributed by atoms with Crippen molar-refractivity contribution in [2.45, 2.75) is 44.3 Å². The van der Waals surface area contributed by atoms with Crippen LogP contribution in [0.4, 0.5) is 24.8 Å². The number of aryl methyl sites for hydroxylation is 1. The molecule has 2 aromatic heterocycles. The minimum Gasteiger partial charge on any atom is -0.467 e. The maximum Gasteiger partial charge on any atom is 0.418 e. The highest BCUT2D eigenvalue weighted by Gasteiger charge is 2.48. The lowest BCUT2D eigenvalue weighted by atomic mass is 9.98. The first kappa shape index (κ1) is 29.6. The number of carbonyl (C=O) groups excluding carboxylic acids is 1. The number of aromatic nitrogens is 3. The normalized spacial score (nSPS) is 18.1. The first-order chi connectivity index (χ1) is 20.0. The minimum absolute atomic E-state index is 0.0182. The summed E-state index contributed by atoms with van der Waals surface area (Å²) in [5.41, 5.74) is 6.54. The quantitative estimate of drug-likeness (QED) is 0.442. The highest BCUT2D eigenvalue weighted by atomic mass is 19.4. The molecule has 3 aromatic rings. The lowest BCUT2D eigenvalue weighted by Gasteiger charge is -2.35. The SMILES string of the molecule is C=CC(=O)N1CCN(c2nc(OC)nc3cc(-c4nc(N)ccc4C(F)(F)F)c(C)cc23)CC1.CN1CCCC12CC2. The van der Waals surface area contributed by atoms with Crippen molar-refractivity contribution in [1.29, 1.82) is 0 Å².